The maximum absolute atomic E-state index is 13.2. The Morgan fingerprint density at radius 2 is 1.83 bits per heavy atom. The van der Waals surface area contributed by atoms with Crippen LogP contribution in [0.4, 0.5) is 4.39 Å². The molecule has 0 aliphatic heterocycles. The van der Waals surface area contributed by atoms with Gasteiger partial charge >= 0.3 is 5.97 Å². The molecule has 0 radical (unpaired) electrons. The number of carboxylic acids is 1. The minimum Gasteiger partial charge on any atom is -0.476 e. The lowest BCUT2D eigenvalue weighted by atomic mass is 10.2. The monoisotopic (exact) mass is 428 g/mol. The lowest BCUT2D eigenvalue weighted by molar-refractivity contribution is 0.0690. The van der Waals surface area contributed by atoms with E-state index in [9.17, 15) is 9.18 Å². The molecule has 0 spiro atoms. The van der Waals surface area contributed by atoms with Gasteiger partial charge in [-0.1, -0.05) is 11.6 Å². The fourth-order valence-electron chi connectivity index (χ4n) is 2.33. The number of nitrogens with zero attached hydrogens (tertiary/aromatic N) is 4. The molecule has 0 unspecified atom stereocenters. The van der Waals surface area contributed by atoms with E-state index in [0.717, 1.165) is 6.20 Å². The van der Waals surface area contributed by atoms with Crippen LogP contribution in [-0.4, -0.2) is 31.0 Å². The Morgan fingerprint density at radius 3 is 2.45 bits per heavy atom. The van der Waals surface area contributed by atoms with Gasteiger partial charge in [-0.2, -0.15) is 0 Å². The smallest absolute Gasteiger partial charge is 0.356 e. The van der Waals surface area contributed by atoms with Gasteiger partial charge < -0.3 is 9.52 Å². The van der Waals surface area contributed by atoms with Crippen LogP contribution in [0.2, 0.25) is 5.02 Å². The first-order valence-electron chi connectivity index (χ1n) is 8.11. The molecule has 7 nitrogen and oxygen atoms in total. The summed E-state index contributed by atoms with van der Waals surface area (Å²) in [5, 5.41) is 10.5. The topological polar surface area (TPSA) is 102 Å². The third-order valence-electron chi connectivity index (χ3n) is 3.70. The summed E-state index contributed by atoms with van der Waals surface area (Å²) in [7, 11) is 0. The van der Waals surface area contributed by atoms with Gasteiger partial charge in [0.05, 0.1) is 17.4 Å². The molecular weight excluding hydrogens is 419 g/mol. The Morgan fingerprint density at radius 1 is 1.03 bits per heavy atom. The van der Waals surface area contributed by atoms with E-state index in [1.165, 1.54) is 36.3 Å². The van der Waals surface area contributed by atoms with Gasteiger partial charge in [-0.15, -0.1) is 0 Å². The average Bonchev–Trinajstić information content (AvgIpc) is 3.14. The molecule has 0 aliphatic rings. The van der Waals surface area contributed by atoms with Crippen molar-refractivity contribution in [3.63, 3.8) is 0 Å². The summed E-state index contributed by atoms with van der Waals surface area (Å²) in [6.07, 6.45) is 3.94. The van der Waals surface area contributed by atoms with E-state index in [0.29, 0.717) is 32.1 Å². The Hall–Kier alpha value is -3.30. The Bertz CT molecular complexity index is 1170. The summed E-state index contributed by atoms with van der Waals surface area (Å²) >= 11 is 7.06. The molecule has 3 heterocycles. The molecule has 4 aromatic rings. The Labute approximate surface area is 172 Å². The number of aromatic carboxylic acids is 1. The second-order valence-electron chi connectivity index (χ2n) is 5.67. The fourth-order valence-corrected chi connectivity index (χ4v) is 3.24. The molecule has 10 heteroatoms. The molecule has 1 aromatic carbocycles. The van der Waals surface area contributed by atoms with Gasteiger partial charge in [-0.3, -0.25) is 4.98 Å². The van der Waals surface area contributed by atoms with E-state index >= 15 is 0 Å². The van der Waals surface area contributed by atoms with E-state index < -0.39 is 5.97 Å². The maximum atomic E-state index is 13.2. The summed E-state index contributed by atoms with van der Waals surface area (Å²) in [6, 6.07) is 9.09. The number of oxazole rings is 1. The summed E-state index contributed by atoms with van der Waals surface area (Å²) in [5.74, 6) is -1.31. The van der Waals surface area contributed by atoms with Crippen molar-refractivity contribution in [2.24, 2.45) is 0 Å². The second kappa shape index (κ2) is 7.98. The number of pyridine rings is 1. The summed E-state index contributed by atoms with van der Waals surface area (Å²) in [6.45, 7) is 0. The number of aromatic nitrogens is 4. The molecule has 0 saturated heterocycles. The summed E-state index contributed by atoms with van der Waals surface area (Å²) in [5.41, 5.74) is 1.06. The first kappa shape index (κ1) is 19.0. The maximum Gasteiger partial charge on any atom is 0.356 e. The number of hydrogen-bond donors (Lipinski definition) is 1. The van der Waals surface area contributed by atoms with Crippen LogP contribution < -0.4 is 0 Å². The number of halogens is 2. The van der Waals surface area contributed by atoms with Gasteiger partial charge in [0.2, 0.25) is 5.89 Å². The molecule has 0 bridgehead atoms. The van der Waals surface area contributed by atoms with Crippen LogP contribution in [0.1, 0.15) is 10.5 Å². The molecule has 29 heavy (non-hydrogen) atoms. The van der Waals surface area contributed by atoms with E-state index in [1.807, 2.05) is 0 Å². The van der Waals surface area contributed by atoms with E-state index in [2.05, 4.69) is 19.9 Å². The van der Waals surface area contributed by atoms with Gasteiger partial charge in [0, 0.05) is 11.8 Å². The molecule has 0 fully saturated rings. The quantitative estimate of drug-likeness (QED) is 0.482. The molecule has 1 N–H and O–H groups in total. The highest BCUT2D eigenvalue weighted by Crippen LogP contribution is 2.37. The van der Waals surface area contributed by atoms with Gasteiger partial charge in [-0.05, 0) is 48.2 Å². The number of carboxylic acid groups (broad SMARTS) is 1. The van der Waals surface area contributed by atoms with Crippen LogP contribution in [0, 0.1) is 5.82 Å². The molecular formula is C19H10ClFN4O3S. The molecule has 0 amide bonds. The molecule has 3 aromatic heterocycles. The van der Waals surface area contributed by atoms with Crippen LogP contribution in [0.3, 0.4) is 0 Å². The van der Waals surface area contributed by atoms with Crippen molar-refractivity contribution in [1.82, 2.24) is 19.9 Å². The number of rotatable bonds is 5. The van der Waals surface area contributed by atoms with Crippen molar-refractivity contribution in [3.05, 3.63) is 71.5 Å². The van der Waals surface area contributed by atoms with Crippen LogP contribution >= 0.6 is 23.4 Å². The van der Waals surface area contributed by atoms with Gasteiger partial charge in [0.15, 0.2) is 10.8 Å². The number of carbonyl (C=O) groups is 1. The van der Waals surface area contributed by atoms with Crippen molar-refractivity contribution >= 4 is 29.3 Å². The minimum atomic E-state index is -1.18. The van der Waals surface area contributed by atoms with Crippen LogP contribution in [0.15, 0.2) is 69.5 Å². The first-order chi connectivity index (χ1) is 14.0. The van der Waals surface area contributed by atoms with E-state index in [4.69, 9.17) is 21.1 Å². The molecule has 0 aliphatic carbocycles. The normalized spacial score (nSPS) is 10.8. The predicted molar refractivity (Wildman–Crippen MR) is 103 cm³/mol. The highest BCUT2D eigenvalue weighted by Gasteiger charge is 2.20. The van der Waals surface area contributed by atoms with Crippen LogP contribution in [-0.2, 0) is 0 Å². The van der Waals surface area contributed by atoms with Crippen molar-refractivity contribution in [3.8, 4) is 22.8 Å². The van der Waals surface area contributed by atoms with Crippen LogP contribution in [0.25, 0.3) is 22.8 Å². The highest BCUT2D eigenvalue weighted by molar-refractivity contribution is 7.99. The fraction of sp³-hybridized carbons (Fsp3) is 0. The van der Waals surface area contributed by atoms with Gasteiger partial charge in [-0.25, -0.2) is 24.1 Å². The third kappa shape index (κ3) is 4.25. The third-order valence-corrected chi connectivity index (χ3v) is 4.83. The average molecular weight is 429 g/mol. The van der Waals surface area contributed by atoms with Crippen molar-refractivity contribution < 1.29 is 18.7 Å². The summed E-state index contributed by atoms with van der Waals surface area (Å²) in [4.78, 5) is 27.7. The SMILES string of the molecule is O=C(O)c1cnc(-c2nc(-c3ccc(F)cc3)oc2Sc2ccc(Cl)cn2)cn1. The minimum absolute atomic E-state index is 0.190. The zero-order valence-electron chi connectivity index (χ0n) is 14.4. The van der Waals surface area contributed by atoms with Crippen molar-refractivity contribution in [1.29, 1.82) is 0 Å². The molecule has 0 saturated carbocycles. The highest BCUT2D eigenvalue weighted by atomic mass is 35.5. The first-order valence-corrected chi connectivity index (χ1v) is 9.31. The zero-order chi connectivity index (χ0) is 20.4. The Balaban J connectivity index is 1.77. The number of hydrogen-bond acceptors (Lipinski definition) is 7. The molecule has 0 atom stereocenters. The van der Waals surface area contributed by atoms with Crippen molar-refractivity contribution in [2.75, 3.05) is 0 Å². The summed E-state index contributed by atoms with van der Waals surface area (Å²) < 4.78 is 19.1. The number of benzene rings is 1. The van der Waals surface area contributed by atoms with Gasteiger partial charge in [0.25, 0.3) is 0 Å². The lowest BCUT2D eigenvalue weighted by Crippen LogP contribution is -2.01. The molecule has 4 rings (SSSR count). The predicted octanol–water partition coefficient (Wildman–Crippen LogP) is 4.84. The standard InChI is InChI=1S/C19H10ClFN4O3S/c20-11-3-6-15(24-7-11)29-19-16(13-8-23-14(9-22-13)18(26)27)25-17(28-19)10-1-4-12(21)5-2-10/h1-9H,(H,26,27). The van der Waals surface area contributed by atoms with E-state index in [-0.39, 0.29) is 17.4 Å². The van der Waals surface area contributed by atoms with E-state index in [1.54, 1.807) is 24.3 Å². The zero-order valence-corrected chi connectivity index (χ0v) is 16.0. The van der Waals surface area contributed by atoms with Crippen LogP contribution in [0.5, 0.6) is 0 Å². The largest absolute Gasteiger partial charge is 0.476 e. The second-order valence-corrected chi connectivity index (χ2v) is 7.10. The van der Waals surface area contributed by atoms with Crippen molar-refractivity contribution in [2.45, 2.75) is 10.1 Å². The Kier molecular flexibility index (Phi) is 5.24. The lowest BCUT2D eigenvalue weighted by Gasteiger charge is -2.01. The molecule has 144 valence electrons. The van der Waals surface area contributed by atoms with Gasteiger partial charge in [0.1, 0.15) is 22.2 Å².